The van der Waals surface area contributed by atoms with E-state index < -0.39 is 0 Å². The van der Waals surface area contributed by atoms with E-state index in [4.69, 9.17) is 4.74 Å². The number of allylic oxidation sites excluding steroid dienone is 1. The fraction of sp³-hybridized carbons (Fsp3) is 0.792. The largest absolute Gasteiger partial charge is 0.462 e. The highest BCUT2D eigenvalue weighted by molar-refractivity contribution is 5.96. The van der Waals surface area contributed by atoms with E-state index >= 15 is 0 Å². The molecule has 0 heterocycles. The second-order valence-electron chi connectivity index (χ2n) is 10.1. The quantitative estimate of drug-likeness (QED) is 0.651. The fourth-order valence-corrected chi connectivity index (χ4v) is 6.81. The Morgan fingerprint density at radius 1 is 1.11 bits per heavy atom. The van der Waals surface area contributed by atoms with Crippen LogP contribution in [0.4, 0.5) is 0 Å². The lowest BCUT2D eigenvalue weighted by molar-refractivity contribution is -0.152. The van der Waals surface area contributed by atoms with E-state index in [1.165, 1.54) is 5.57 Å². The number of esters is 1. The van der Waals surface area contributed by atoms with Crippen LogP contribution in [0, 0.1) is 28.6 Å². The first kappa shape index (κ1) is 19.8. The first-order valence-electron chi connectivity index (χ1n) is 11.3. The molecule has 154 valence electrons. The molecule has 0 radical (unpaired) electrons. The molecule has 6 atom stereocenters. The third-order valence-electron chi connectivity index (χ3n) is 8.64. The molecule has 0 aromatic rings. The second kappa shape index (κ2) is 7.11. The van der Waals surface area contributed by atoms with E-state index in [1.807, 2.05) is 6.08 Å². The van der Waals surface area contributed by atoms with Crippen molar-refractivity contribution in [1.29, 1.82) is 0 Å². The van der Waals surface area contributed by atoms with Gasteiger partial charge in [0.05, 0.1) is 0 Å². The molecule has 0 spiro atoms. The van der Waals surface area contributed by atoms with Crippen molar-refractivity contribution in [3.8, 4) is 0 Å². The Morgan fingerprint density at radius 2 is 1.82 bits per heavy atom. The van der Waals surface area contributed by atoms with Gasteiger partial charge in [0.2, 0.25) is 0 Å². The number of fused-ring (bicyclic) bond motifs is 5. The van der Waals surface area contributed by atoms with Gasteiger partial charge in [0, 0.05) is 30.6 Å². The Hall–Kier alpha value is -1.45. The molecule has 0 amide bonds. The molecule has 0 aromatic heterocycles. The van der Waals surface area contributed by atoms with Crippen LogP contribution in [0.3, 0.4) is 0 Å². The predicted octanol–water partition coefficient (Wildman–Crippen LogP) is 4.80. The number of hydrogen-bond donors (Lipinski definition) is 0. The van der Waals surface area contributed by atoms with Gasteiger partial charge in [-0.3, -0.25) is 14.4 Å². The molecule has 4 nitrogen and oxygen atoms in total. The van der Waals surface area contributed by atoms with E-state index in [2.05, 4.69) is 20.8 Å². The third-order valence-corrected chi connectivity index (χ3v) is 8.64. The van der Waals surface area contributed by atoms with E-state index in [-0.39, 0.29) is 40.5 Å². The van der Waals surface area contributed by atoms with Gasteiger partial charge in [-0.05, 0) is 61.9 Å². The topological polar surface area (TPSA) is 60.4 Å². The number of hydrogen-bond acceptors (Lipinski definition) is 4. The summed E-state index contributed by atoms with van der Waals surface area (Å²) in [6.45, 7) is 6.49. The van der Waals surface area contributed by atoms with Crippen LogP contribution >= 0.6 is 0 Å². The number of carbonyl (C=O) groups excluding carboxylic acids is 3. The molecule has 3 saturated carbocycles. The predicted molar refractivity (Wildman–Crippen MR) is 107 cm³/mol. The Bertz CT molecular complexity index is 722. The highest BCUT2D eigenvalue weighted by Gasteiger charge is 2.61. The lowest BCUT2D eigenvalue weighted by Gasteiger charge is -2.56. The van der Waals surface area contributed by atoms with Gasteiger partial charge in [-0.15, -0.1) is 0 Å². The SMILES string of the molecule is CCCCC(=O)O[C@H]1CC[C@@]2(C)C(=CC(=O)[C@@H]3[C@@H]2CC[C@]2(C)C(=O)CC[C@@H]32)C1. The molecule has 4 heteroatoms. The molecule has 0 bridgehead atoms. The maximum absolute atomic E-state index is 13.2. The lowest BCUT2D eigenvalue weighted by atomic mass is 9.48. The molecule has 0 N–H and O–H groups in total. The van der Waals surface area contributed by atoms with Gasteiger partial charge < -0.3 is 4.74 Å². The van der Waals surface area contributed by atoms with Crippen molar-refractivity contribution in [2.75, 3.05) is 0 Å². The van der Waals surface area contributed by atoms with Gasteiger partial charge in [-0.1, -0.05) is 32.8 Å². The number of ketones is 2. The Kier molecular flexibility index (Phi) is 5.04. The smallest absolute Gasteiger partial charge is 0.306 e. The van der Waals surface area contributed by atoms with E-state index in [1.54, 1.807) is 0 Å². The summed E-state index contributed by atoms with van der Waals surface area (Å²) >= 11 is 0. The Labute approximate surface area is 168 Å². The summed E-state index contributed by atoms with van der Waals surface area (Å²) < 4.78 is 5.72. The van der Waals surface area contributed by atoms with Crippen molar-refractivity contribution in [1.82, 2.24) is 0 Å². The molecule has 28 heavy (non-hydrogen) atoms. The highest BCUT2D eigenvalue weighted by atomic mass is 16.5. The zero-order chi connectivity index (χ0) is 20.1. The van der Waals surface area contributed by atoms with Gasteiger partial charge in [0.1, 0.15) is 11.9 Å². The van der Waals surface area contributed by atoms with Crippen molar-refractivity contribution in [3.05, 3.63) is 11.6 Å². The number of unbranched alkanes of at least 4 members (excludes halogenated alkanes) is 1. The molecule has 4 aliphatic rings. The molecule has 4 rings (SSSR count). The lowest BCUT2D eigenvalue weighted by Crippen LogP contribution is -2.53. The standard InChI is InChI=1S/C24H34O4/c1-4-5-6-21(27)28-16-9-11-23(2)15(13-16)14-19(25)22-17-7-8-20(26)24(17,3)12-10-18(22)23/h14,16-18,22H,4-13H2,1-3H3/t16-,17-,18-,22-,23-,24-/m0/s1. The third kappa shape index (κ3) is 2.98. The zero-order valence-electron chi connectivity index (χ0n) is 17.6. The van der Waals surface area contributed by atoms with Gasteiger partial charge in [0.25, 0.3) is 0 Å². The summed E-state index contributed by atoms with van der Waals surface area (Å²) in [5.41, 5.74) is 0.911. The van der Waals surface area contributed by atoms with E-state index in [9.17, 15) is 14.4 Å². The normalized spacial score (nSPS) is 42.3. The summed E-state index contributed by atoms with van der Waals surface area (Å²) in [6.07, 6.45) is 10.1. The molecule has 4 aliphatic carbocycles. The molecule has 3 fully saturated rings. The molecule has 0 saturated heterocycles. The first-order valence-corrected chi connectivity index (χ1v) is 11.3. The minimum Gasteiger partial charge on any atom is -0.462 e. The average molecular weight is 387 g/mol. The first-order chi connectivity index (χ1) is 13.3. The van der Waals surface area contributed by atoms with Crippen LogP contribution < -0.4 is 0 Å². The van der Waals surface area contributed by atoms with Crippen molar-refractivity contribution in [2.45, 2.75) is 91.1 Å². The van der Waals surface area contributed by atoms with E-state index in [0.717, 1.165) is 44.9 Å². The fourth-order valence-electron chi connectivity index (χ4n) is 6.81. The van der Waals surface area contributed by atoms with Crippen molar-refractivity contribution < 1.29 is 19.1 Å². The molecule has 0 aromatic carbocycles. The second-order valence-corrected chi connectivity index (χ2v) is 10.1. The van der Waals surface area contributed by atoms with Crippen LogP contribution in [0.1, 0.15) is 85.0 Å². The minimum atomic E-state index is -0.287. The number of Topliss-reactive ketones (excluding diaryl/α,β-unsaturated/α-hetero) is 1. The summed E-state index contributed by atoms with van der Waals surface area (Å²) in [7, 11) is 0. The Balaban J connectivity index is 1.54. The van der Waals surface area contributed by atoms with Crippen molar-refractivity contribution >= 4 is 17.5 Å². The minimum absolute atomic E-state index is 0.00241. The molecule has 0 aliphatic heterocycles. The van der Waals surface area contributed by atoms with Crippen LogP contribution in [-0.2, 0) is 19.1 Å². The Morgan fingerprint density at radius 3 is 2.57 bits per heavy atom. The number of carbonyl (C=O) groups is 3. The van der Waals surface area contributed by atoms with Crippen molar-refractivity contribution in [3.63, 3.8) is 0 Å². The summed E-state index contributed by atoms with van der Waals surface area (Å²) in [5.74, 6) is 1.04. The van der Waals surface area contributed by atoms with Crippen LogP contribution in [0.25, 0.3) is 0 Å². The molecular weight excluding hydrogens is 352 g/mol. The van der Waals surface area contributed by atoms with Crippen molar-refractivity contribution in [2.24, 2.45) is 28.6 Å². The van der Waals surface area contributed by atoms with E-state index in [0.29, 0.717) is 31.0 Å². The average Bonchev–Trinajstić information content (AvgIpc) is 2.96. The molecular formula is C24H34O4. The maximum Gasteiger partial charge on any atom is 0.306 e. The number of ether oxygens (including phenoxy) is 1. The van der Waals surface area contributed by atoms with Crippen LogP contribution in [-0.4, -0.2) is 23.6 Å². The number of rotatable bonds is 4. The summed E-state index contributed by atoms with van der Waals surface area (Å²) in [5, 5.41) is 0. The van der Waals surface area contributed by atoms with Crippen LogP contribution in [0.5, 0.6) is 0 Å². The van der Waals surface area contributed by atoms with Crippen LogP contribution in [0.15, 0.2) is 11.6 Å². The zero-order valence-corrected chi connectivity index (χ0v) is 17.6. The highest BCUT2D eigenvalue weighted by Crippen LogP contribution is 2.63. The molecule has 0 unspecified atom stereocenters. The van der Waals surface area contributed by atoms with Crippen LogP contribution in [0.2, 0.25) is 0 Å². The summed E-state index contributed by atoms with van der Waals surface area (Å²) in [6, 6.07) is 0. The van der Waals surface area contributed by atoms with Gasteiger partial charge >= 0.3 is 5.97 Å². The monoisotopic (exact) mass is 386 g/mol. The van der Waals surface area contributed by atoms with Gasteiger partial charge in [0.15, 0.2) is 5.78 Å². The van der Waals surface area contributed by atoms with Gasteiger partial charge in [-0.2, -0.15) is 0 Å². The maximum atomic E-state index is 13.2. The summed E-state index contributed by atoms with van der Waals surface area (Å²) in [4.78, 5) is 37.8. The van der Waals surface area contributed by atoms with Gasteiger partial charge in [-0.25, -0.2) is 0 Å².